The minimum absolute atomic E-state index is 0.0222. The zero-order valence-electron chi connectivity index (χ0n) is 20.2. The SMILES string of the molecule is C=CCCc1nn(-c2ccc(C(=O)NCc3ccc(F)cc3)cc2[N+](=O)[O-])c2c1C(=O)CC(C)(C)C2. The number of allylic oxidation sites excluding steroid dienone is 1. The average Bonchev–Trinajstić information content (AvgIpc) is 3.18. The first-order valence-electron chi connectivity index (χ1n) is 11.7. The molecule has 0 radical (unpaired) electrons. The molecule has 0 fully saturated rings. The number of carbonyl (C=O) groups is 2. The molecule has 0 atom stereocenters. The summed E-state index contributed by atoms with van der Waals surface area (Å²) >= 11 is 0. The van der Waals surface area contributed by atoms with Crippen LogP contribution in [0, 0.1) is 21.3 Å². The minimum Gasteiger partial charge on any atom is -0.348 e. The molecule has 1 aliphatic rings. The zero-order valence-corrected chi connectivity index (χ0v) is 20.2. The van der Waals surface area contributed by atoms with Crippen LogP contribution in [0.15, 0.2) is 55.1 Å². The second-order valence-corrected chi connectivity index (χ2v) is 9.72. The Morgan fingerprint density at radius 1 is 1.25 bits per heavy atom. The summed E-state index contributed by atoms with van der Waals surface area (Å²) in [5.41, 5.74) is 2.17. The van der Waals surface area contributed by atoms with Crippen molar-refractivity contribution in [2.45, 2.75) is 46.1 Å². The van der Waals surface area contributed by atoms with Gasteiger partial charge in [-0.1, -0.05) is 32.1 Å². The van der Waals surface area contributed by atoms with Gasteiger partial charge in [0.05, 0.1) is 21.9 Å². The maximum absolute atomic E-state index is 13.1. The summed E-state index contributed by atoms with van der Waals surface area (Å²) < 4.78 is 14.6. The second kappa shape index (κ2) is 9.85. The highest BCUT2D eigenvalue weighted by atomic mass is 19.1. The predicted octanol–water partition coefficient (Wildman–Crippen LogP) is 5.12. The Morgan fingerprint density at radius 2 is 1.97 bits per heavy atom. The van der Waals surface area contributed by atoms with Crippen LogP contribution in [0.5, 0.6) is 0 Å². The summed E-state index contributed by atoms with van der Waals surface area (Å²) in [6, 6.07) is 9.88. The van der Waals surface area contributed by atoms with E-state index >= 15 is 0 Å². The summed E-state index contributed by atoms with van der Waals surface area (Å²) in [6.07, 6.45) is 3.77. The first-order chi connectivity index (χ1) is 17.1. The van der Waals surface area contributed by atoms with Crippen molar-refractivity contribution in [3.63, 3.8) is 0 Å². The molecular weight excluding hydrogens is 463 g/mol. The number of amides is 1. The van der Waals surface area contributed by atoms with Crippen molar-refractivity contribution in [3.8, 4) is 5.69 Å². The number of nitro groups is 1. The van der Waals surface area contributed by atoms with Crippen molar-refractivity contribution >= 4 is 17.4 Å². The molecule has 0 aliphatic heterocycles. The topological polar surface area (TPSA) is 107 Å². The van der Waals surface area contributed by atoms with E-state index in [1.165, 1.54) is 35.0 Å². The summed E-state index contributed by atoms with van der Waals surface area (Å²) in [6.45, 7) is 7.84. The highest BCUT2D eigenvalue weighted by molar-refractivity contribution is 6.00. The lowest BCUT2D eigenvalue weighted by Gasteiger charge is -2.29. The molecular formula is C27H27FN4O4. The van der Waals surface area contributed by atoms with Crippen molar-refractivity contribution in [1.29, 1.82) is 0 Å². The van der Waals surface area contributed by atoms with Crippen molar-refractivity contribution in [3.05, 3.63) is 99.1 Å². The fourth-order valence-corrected chi connectivity index (χ4v) is 4.52. The lowest BCUT2D eigenvalue weighted by atomic mass is 9.75. The molecule has 1 N–H and O–H groups in total. The molecule has 1 aromatic heterocycles. The van der Waals surface area contributed by atoms with Crippen LogP contribution in [0.3, 0.4) is 0 Å². The van der Waals surface area contributed by atoms with Crippen LogP contribution in [-0.2, 0) is 19.4 Å². The molecule has 186 valence electrons. The van der Waals surface area contributed by atoms with E-state index in [4.69, 9.17) is 0 Å². The van der Waals surface area contributed by atoms with Crippen molar-refractivity contribution < 1.29 is 18.9 Å². The molecule has 36 heavy (non-hydrogen) atoms. The molecule has 1 amide bonds. The zero-order chi connectivity index (χ0) is 26.0. The maximum Gasteiger partial charge on any atom is 0.295 e. The number of nitrogens with one attached hydrogen (secondary N) is 1. The van der Waals surface area contributed by atoms with Gasteiger partial charge in [-0.15, -0.1) is 6.58 Å². The Kier molecular flexibility index (Phi) is 6.83. The van der Waals surface area contributed by atoms with E-state index in [2.05, 4.69) is 17.0 Å². The quantitative estimate of drug-likeness (QED) is 0.268. The van der Waals surface area contributed by atoms with Gasteiger partial charge in [0, 0.05) is 24.6 Å². The van der Waals surface area contributed by atoms with Gasteiger partial charge in [0.1, 0.15) is 11.5 Å². The van der Waals surface area contributed by atoms with Gasteiger partial charge < -0.3 is 5.32 Å². The van der Waals surface area contributed by atoms with Crippen LogP contribution in [0.4, 0.5) is 10.1 Å². The largest absolute Gasteiger partial charge is 0.348 e. The molecule has 3 aromatic rings. The Morgan fingerprint density at radius 3 is 2.64 bits per heavy atom. The van der Waals surface area contributed by atoms with E-state index in [1.54, 1.807) is 18.2 Å². The first-order valence-corrected chi connectivity index (χ1v) is 11.7. The van der Waals surface area contributed by atoms with Gasteiger partial charge in [-0.2, -0.15) is 5.10 Å². The van der Waals surface area contributed by atoms with Gasteiger partial charge in [0.2, 0.25) is 0 Å². The molecule has 2 aromatic carbocycles. The molecule has 1 heterocycles. The standard InChI is InChI=1S/C27H27FN4O4/c1-4-5-6-20-25-23(14-27(2,3)15-24(25)33)31(30-20)21-12-9-18(13-22(21)32(35)36)26(34)29-16-17-7-10-19(28)11-8-17/h4,7-13H,1,5-6,14-16H2,2-3H3,(H,29,34). The minimum atomic E-state index is -0.556. The summed E-state index contributed by atoms with van der Waals surface area (Å²) in [5, 5.41) is 19.4. The summed E-state index contributed by atoms with van der Waals surface area (Å²) in [4.78, 5) is 37.2. The molecule has 0 unspecified atom stereocenters. The molecule has 1 aliphatic carbocycles. The molecule has 8 nitrogen and oxygen atoms in total. The van der Waals surface area contributed by atoms with Gasteiger partial charge in [0.25, 0.3) is 11.6 Å². The Balaban J connectivity index is 1.71. The van der Waals surface area contributed by atoms with Crippen LogP contribution in [0.2, 0.25) is 0 Å². The highest BCUT2D eigenvalue weighted by Crippen LogP contribution is 2.38. The number of carbonyl (C=O) groups excluding carboxylic acids is 2. The smallest absolute Gasteiger partial charge is 0.295 e. The number of benzene rings is 2. The van der Waals surface area contributed by atoms with E-state index in [9.17, 15) is 24.1 Å². The van der Waals surface area contributed by atoms with Crippen molar-refractivity contribution in [2.24, 2.45) is 5.41 Å². The number of nitrogens with zero attached hydrogens (tertiary/aromatic N) is 3. The number of hydrogen-bond acceptors (Lipinski definition) is 5. The maximum atomic E-state index is 13.1. The average molecular weight is 491 g/mol. The van der Waals surface area contributed by atoms with Crippen LogP contribution < -0.4 is 5.32 Å². The normalized spacial score (nSPS) is 14.2. The van der Waals surface area contributed by atoms with E-state index in [-0.39, 0.29) is 40.5 Å². The third kappa shape index (κ3) is 5.10. The Bertz CT molecular complexity index is 1360. The van der Waals surface area contributed by atoms with E-state index in [1.807, 2.05) is 13.8 Å². The number of ketones is 1. The third-order valence-corrected chi connectivity index (χ3v) is 6.23. The van der Waals surface area contributed by atoms with Gasteiger partial charge in [-0.25, -0.2) is 9.07 Å². The molecule has 0 saturated carbocycles. The molecule has 0 saturated heterocycles. The lowest BCUT2D eigenvalue weighted by Crippen LogP contribution is -2.28. The van der Waals surface area contributed by atoms with E-state index in [0.29, 0.717) is 48.2 Å². The fourth-order valence-electron chi connectivity index (χ4n) is 4.52. The van der Waals surface area contributed by atoms with Gasteiger partial charge >= 0.3 is 0 Å². The Labute approximate surface area is 208 Å². The predicted molar refractivity (Wildman–Crippen MR) is 133 cm³/mol. The molecule has 0 bridgehead atoms. The monoisotopic (exact) mass is 490 g/mol. The van der Waals surface area contributed by atoms with E-state index in [0.717, 1.165) is 0 Å². The second-order valence-electron chi connectivity index (χ2n) is 9.72. The van der Waals surface area contributed by atoms with Crippen molar-refractivity contribution in [2.75, 3.05) is 0 Å². The lowest BCUT2D eigenvalue weighted by molar-refractivity contribution is -0.384. The van der Waals surface area contributed by atoms with Gasteiger partial charge in [0.15, 0.2) is 5.78 Å². The van der Waals surface area contributed by atoms with Gasteiger partial charge in [-0.3, -0.25) is 19.7 Å². The molecule has 9 heteroatoms. The summed E-state index contributed by atoms with van der Waals surface area (Å²) in [7, 11) is 0. The van der Waals surface area contributed by atoms with Crippen LogP contribution in [-0.4, -0.2) is 26.4 Å². The van der Waals surface area contributed by atoms with Crippen LogP contribution >= 0.6 is 0 Å². The number of fused-ring (bicyclic) bond motifs is 1. The number of aromatic nitrogens is 2. The number of rotatable bonds is 8. The first kappa shape index (κ1) is 25.0. The highest BCUT2D eigenvalue weighted by Gasteiger charge is 2.37. The van der Waals surface area contributed by atoms with E-state index < -0.39 is 10.8 Å². The van der Waals surface area contributed by atoms with Crippen LogP contribution in [0.25, 0.3) is 5.69 Å². The number of Topliss-reactive ketones (excluding diaryl/α,β-unsaturated/α-hetero) is 1. The Hall–Kier alpha value is -4.14. The number of hydrogen-bond donors (Lipinski definition) is 1. The molecule has 4 rings (SSSR count). The summed E-state index contributed by atoms with van der Waals surface area (Å²) in [5.74, 6) is -0.903. The fraction of sp³-hybridized carbons (Fsp3) is 0.296. The number of aryl methyl sites for hydroxylation is 1. The van der Waals surface area contributed by atoms with Crippen molar-refractivity contribution in [1.82, 2.24) is 15.1 Å². The van der Waals surface area contributed by atoms with Gasteiger partial charge in [-0.05, 0) is 54.5 Å². The third-order valence-electron chi connectivity index (χ3n) is 6.23. The van der Waals surface area contributed by atoms with Crippen LogP contribution in [0.1, 0.15) is 64.4 Å². The number of halogens is 1. The molecule has 0 spiro atoms. The number of nitro benzene ring substituents is 1.